The smallest absolute Gasteiger partial charge is 0.126 e. The number of hydrogen-bond acceptors (Lipinski definition) is 2. The van der Waals surface area contributed by atoms with Crippen LogP contribution in [0, 0.1) is 12.7 Å². The number of rotatable bonds is 2. The fourth-order valence-corrected chi connectivity index (χ4v) is 3.23. The standard InChI is InChI=1S/C18H20FNO/c1-12-10-14(6-8-17(12)19)18(20)9-3-4-13-5-7-15(21-2)11-16(13)18/h5-8,10-11H,3-4,9,20H2,1-2H3. The molecular formula is C18H20FNO. The Morgan fingerprint density at radius 2 is 2.00 bits per heavy atom. The Balaban J connectivity index is 2.16. The van der Waals surface area contributed by atoms with Crippen molar-refractivity contribution in [2.45, 2.75) is 31.7 Å². The number of nitrogens with two attached hydrogens (primary N) is 1. The van der Waals surface area contributed by atoms with Gasteiger partial charge >= 0.3 is 0 Å². The van der Waals surface area contributed by atoms with Crippen LogP contribution in [-0.4, -0.2) is 7.11 Å². The van der Waals surface area contributed by atoms with Gasteiger partial charge in [0.15, 0.2) is 0 Å². The Hall–Kier alpha value is -1.87. The Kier molecular flexibility index (Phi) is 3.46. The van der Waals surface area contributed by atoms with E-state index in [0.29, 0.717) is 5.56 Å². The lowest BCUT2D eigenvalue weighted by molar-refractivity contribution is 0.404. The van der Waals surface area contributed by atoms with Crippen LogP contribution in [0.1, 0.15) is 35.1 Å². The molecule has 2 nitrogen and oxygen atoms in total. The van der Waals surface area contributed by atoms with Crippen LogP contribution < -0.4 is 10.5 Å². The molecular weight excluding hydrogens is 265 g/mol. The van der Waals surface area contributed by atoms with E-state index in [1.165, 1.54) is 11.6 Å². The predicted octanol–water partition coefficient (Wildman–Crippen LogP) is 3.68. The Bertz CT molecular complexity index is 683. The van der Waals surface area contributed by atoms with Crippen molar-refractivity contribution in [2.24, 2.45) is 5.73 Å². The largest absolute Gasteiger partial charge is 0.497 e. The molecule has 0 heterocycles. The first-order valence-electron chi connectivity index (χ1n) is 7.27. The normalized spacial score (nSPS) is 21.0. The zero-order chi connectivity index (χ0) is 15.0. The Labute approximate surface area is 124 Å². The molecule has 2 aromatic carbocycles. The van der Waals surface area contributed by atoms with Crippen molar-refractivity contribution < 1.29 is 9.13 Å². The van der Waals surface area contributed by atoms with Gasteiger partial charge in [-0.3, -0.25) is 0 Å². The lowest BCUT2D eigenvalue weighted by Gasteiger charge is -2.37. The molecule has 21 heavy (non-hydrogen) atoms. The van der Waals surface area contributed by atoms with Crippen LogP contribution in [0.4, 0.5) is 4.39 Å². The van der Waals surface area contributed by atoms with Gasteiger partial charge in [-0.05, 0) is 66.6 Å². The van der Waals surface area contributed by atoms with Crippen LogP contribution in [0.5, 0.6) is 5.75 Å². The molecule has 0 spiro atoms. The zero-order valence-electron chi connectivity index (χ0n) is 12.4. The summed E-state index contributed by atoms with van der Waals surface area (Å²) in [7, 11) is 1.66. The maximum absolute atomic E-state index is 13.5. The SMILES string of the molecule is COc1ccc2c(c1)C(N)(c1ccc(F)c(C)c1)CCC2. The summed E-state index contributed by atoms with van der Waals surface area (Å²) >= 11 is 0. The maximum atomic E-state index is 13.5. The molecule has 1 aliphatic rings. The molecule has 0 amide bonds. The maximum Gasteiger partial charge on any atom is 0.126 e. The highest BCUT2D eigenvalue weighted by Crippen LogP contribution is 2.40. The van der Waals surface area contributed by atoms with E-state index in [0.717, 1.165) is 36.1 Å². The average molecular weight is 285 g/mol. The van der Waals surface area contributed by atoms with E-state index in [4.69, 9.17) is 10.5 Å². The second-order valence-electron chi connectivity index (χ2n) is 5.81. The van der Waals surface area contributed by atoms with E-state index in [2.05, 4.69) is 6.07 Å². The fourth-order valence-electron chi connectivity index (χ4n) is 3.23. The highest BCUT2D eigenvalue weighted by molar-refractivity contribution is 5.48. The lowest BCUT2D eigenvalue weighted by Crippen LogP contribution is -2.41. The van der Waals surface area contributed by atoms with Gasteiger partial charge in [-0.2, -0.15) is 0 Å². The minimum Gasteiger partial charge on any atom is -0.497 e. The minimum absolute atomic E-state index is 0.191. The van der Waals surface area contributed by atoms with Gasteiger partial charge in [-0.1, -0.05) is 18.2 Å². The number of fused-ring (bicyclic) bond motifs is 1. The van der Waals surface area contributed by atoms with E-state index in [9.17, 15) is 4.39 Å². The molecule has 2 N–H and O–H groups in total. The number of hydrogen-bond donors (Lipinski definition) is 1. The predicted molar refractivity (Wildman–Crippen MR) is 82.0 cm³/mol. The first-order valence-corrected chi connectivity index (χ1v) is 7.27. The molecule has 0 aliphatic heterocycles. The molecule has 0 saturated heterocycles. The van der Waals surface area contributed by atoms with Crippen molar-refractivity contribution in [3.8, 4) is 5.75 Å². The molecule has 0 saturated carbocycles. The first kappa shape index (κ1) is 14.1. The van der Waals surface area contributed by atoms with Crippen LogP contribution >= 0.6 is 0 Å². The lowest BCUT2D eigenvalue weighted by atomic mass is 9.73. The molecule has 3 rings (SSSR count). The summed E-state index contributed by atoms with van der Waals surface area (Å²) in [5.74, 6) is 0.619. The van der Waals surface area contributed by atoms with Crippen LogP contribution in [0.3, 0.4) is 0 Å². The third-order valence-corrected chi connectivity index (χ3v) is 4.49. The second-order valence-corrected chi connectivity index (χ2v) is 5.81. The summed E-state index contributed by atoms with van der Waals surface area (Å²) in [4.78, 5) is 0. The molecule has 1 unspecified atom stereocenters. The molecule has 1 atom stereocenters. The van der Waals surface area contributed by atoms with Crippen molar-refractivity contribution in [2.75, 3.05) is 7.11 Å². The van der Waals surface area contributed by atoms with Crippen molar-refractivity contribution >= 4 is 0 Å². The van der Waals surface area contributed by atoms with E-state index < -0.39 is 5.54 Å². The van der Waals surface area contributed by atoms with Gasteiger partial charge in [0.25, 0.3) is 0 Å². The molecule has 3 heteroatoms. The zero-order valence-corrected chi connectivity index (χ0v) is 12.4. The van der Waals surface area contributed by atoms with Crippen LogP contribution in [0.15, 0.2) is 36.4 Å². The molecule has 0 bridgehead atoms. The van der Waals surface area contributed by atoms with Crippen molar-refractivity contribution in [3.63, 3.8) is 0 Å². The van der Waals surface area contributed by atoms with E-state index in [-0.39, 0.29) is 5.82 Å². The molecule has 0 aromatic heterocycles. The highest BCUT2D eigenvalue weighted by Gasteiger charge is 2.35. The first-order chi connectivity index (χ1) is 10.0. The summed E-state index contributed by atoms with van der Waals surface area (Å²) in [6.07, 6.45) is 2.92. The van der Waals surface area contributed by atoms with Gasteiger partial charge in [0.05, 0.1) is 12.6 Å². The number of halogens is 1. The molecule has 110 valence electrons. The summed E-state index contributed by atoms with van der Waals surface area (Å²) in [6.45, 7) is 1.78. The van der Waals surface area contributed by atoms with Crippen LogP contribution in [0.2, 0.25) is 0 Å². The van der Waals surface area contributed by atoms with Gasteiger partial charge in [0, 0.05) is 0 Å². The van der Waals surface area contributed by atoms with Crippen LogP contribution in [0.25, 0.3) is 0 Å². The van der Waals surface area contributed by atoms with Gasteiger partial charge in [0.2, 0.25) is 0 Å². The quantitative estimate of drug-likeness (QED) is 0.913. The summed E-state index contributed by atoms with van der Waals surface area (Å²) in [5, 5.41) is 0. The van der Waals surface area contributed by atoms with Crippen molar-refractivity contribution in [1.82, 2.24) is 0 Å². The summed E-state index contributed by atoms with van der Waals surface area (Å²) in [6, 6.07) is 11.3. The molecule has 0 fully saturated rings. The number of methoxy groups -OCH3 is 1. The topological polar surface area (TPSA) is 35.2 Å². The average Bonchev–Trinajstić information content (AvgIpc) is 2.50. The Morgan fingerprint density at radius 1 is 1.19 bits per heavy atom. The van der Waals surface area contributed by atoms with E-state index in [1.54, 1.807) is 20.1 Å². The molecule has 2 aromatic rings. The summed E-state index contributed by atoms with van der Waals surface area (Å²) < 4.78 is 18.9. The molecule has 0 radical (unpaired) electrons. The monoisotopic (exact) mass is 285 g/mol. The van der Waals surface area contributed by atoms with Crippen molar-refractivity contribution in [3.05, 3.63) is 64.5 Å². The third kappa shape index (κ3) is 2.32. The third-order valence-electron chi connectivity index (χ3n) is 4.49. The highest BCUT2D eigenvalue weighted by atomic mass is 19.1. The summed E-state index contributed by atoms with van der Waals surface area (Å²) in [5.41, 5.74) is 10.1. The van der Waals surface area contributed by atoms with Crippen LogP contribution in [-0.2, 0) is 12.0 Å². The molecule has 1 aliphatic carbocycles. The second kappa shape index (κ2) is 5.15. The van der Waals surface area contributed by atoms with Gasteiger partial charge in [-0.25, -0.2) is 4.39 Å². The number of ether oxygens (including phenoxy) is 1. The minimum atomic E-state index is -0.569. The van der Waals surface area contributed by atoms with E-state index in [1.807, 2.05) is 18.2 Å². The number of benzene rings is 2. The van der Waals surface area contributed by atoms with Gasteiger partial charge < -0.3 is 10.5 Å². The fraction of sp³-hybridized carbons (Fsp3) is 0.333. The van der Waals surface area contributed by atoms with Gasteiger partial charge in [0.1, 0.15) is 11.6 Å². The van der Waals surface area contributed by atoms with E-state index >= 15 is 0 Å². The Morgan fingerprint density at radius 3 is 2.71 bits per heavy atom. The number of aryl methyl sites for hydroxylation is 2. The van der Waals surface area contributed by atoms with Gasteiger partial charge in [-0.15, -0.1) is 0 Å². The van der Waals surface area contributed by atoms with Crippen molar-refractivity contribution in [1.29, 1.82) is 0 Å².